The van der Waals surface area contributed by atoms with Crippen LogP contribution in [0, 0.1) is 0 Å². The van der Waals surface area contributed by atoms with Crippen molar-refractivity contribution in [3.05, 3.63) is 64.7 Å². The molecule has 0 amide bonds. The number of hydrogen-bond acceptors (Lipinski definition) is 2. The van der Waals surface area contributed by atoms with Gasteiger partial charge in [0.1, 0.15) is 5.75 Å². The van der Waals surface area contributed by atoms with Crippen LogP contribution in [0.1, 0.15) is 43.0 Å². The molecule has 3 heteroatoms. The van der Waals surface area contributed by atoms with Crippen molar-refractivity contribution in [1.29, 1.82) is 0 Å². The minimum absolute atomic E-state index is 0.332. The van der Waals surface area contributed by atoms with Gasteiger partial charge in [-0.1, -0.05) is 48.9 Å². The lowest BCUT2D eigenvalue weighted by molar-refractivity contribution is 0.243. The van der Waals surface area contributed by atoms with E-state index in [0.717, 1.165) is 30.2 Å². The average molecular weight is 302 g/mol. The van der Waals surface area contributed by atoms with E-state index in [2.05, 4.69) is 36.5 Å². The van der Waals surface area contributed by atoms with Crippen LogP contribution >= 0.6 is 11.6 Å². The molecule has 1 aliphatic rings. The number of fused-ring (bicyclic) bond motifs is 1. The van der Waals surface area contributed by atoms with E-state index in [4.69, 9.17) is 16.3 Å². The van der Waals surface area contributed by atoms with Crippen molar-refractivity contribution in [3.8, 4) is 5.75 Å². The summed E-state index contributed by atoms with van der Waals surface area (Å²) in [5, 5.41) is 4.56. The van der Waals surface area contributed by atoms with E-state index in [1.807, 2.05) is 24.3 Å². The number of para-hydroxylation sites is 1. The van der Waals surface area contributed by atoms with Crippen LogP contribution in [-0.2, 0) is 0 Å². The smallest absolute Gasteiger partial charge is 0.124 e. The molecule has 3 rings (SSSR count). The van der Waals surface area contributed by atoms with Crippen LogP contribution < -0.4 is 10.1 Å². The minimum atomic E-state index is 0.332. The lowest BCUT2D eigenvalue weighted by Crippen LogP contribution is -2.30. The molecule has 1 aliphatic heterocycles. The van der Waals surface area contributed by atoms with E-state index in [1.165, 1.54) is 11.1 Å². The second-order valence-corrected chi connectivity index (χ2v) is 5.84. The van der Waals surface area contributed by atoms with Gasteiger partial charge in [-0.2, -0.15) is 0 Å². The SMILES string of the molecule is CCC(NC1CCOc2ccccc21)c1ccc(Cl)cc1. The summed E-state index contributed by atoms with van der Waals surface area (Å²) in [4.78, 5) is 0. The summed E-state index contributed by atoms with van der Waals surface area (Å²) < 4.78 is 5.73. The second kappa shape index (κ2) is 6.50. The zero-order valence-corrected chi connectivity index (χ0v) is 12.9. The zero-order valence-electron chi connectivity index (χ0n) is 12.2. The van der Waals surface area contributed by atoms with E-state index in [0.29, 0.717) is 12.1 Å². The molecule has 0 saturated carbocycles. The number of ether oxygens (including phenoxy) is 1. The summed E-state index contributed by atoms with van der Waals surface area (Å²) >= 11 is 5.98. The van der Waals surface area contributed by atoms with E-state index in [9.17, 15) is 0 Å². The standard InChI is InChI=1S/C18H20ClNO/c1-2-16(13-7-9-14(19)10-8-13)20-17-11-12-21-18-6-4-3-5-15(17)18/h3-10,16-17,20H,2,11-12H2,1H3. The van der Waals surface area contributed by atoms with Crippen LogP contribution in [0.15, 0.2) is 48.5 Å². The molecular weight excluding hydrogens is 282 g/mol. The first-order valence-electron chi connectivity index (χ1n) is 7.51. The number of hydrogen-bond donors (Lipinski definition) is 1. The van der Waals surface area contributed by atoms with Crippen LogP contribution in [0.25, 0.3) is 0 Å². The second-order valence-electron chi connectivity index (χ2n) is 5.41. The Labute approximate surface area is 131 Å². The van der Waals surface area contributed by atoms with Crippen LogP contribution in [0.2, 0.25) is 5.02 Å². The van der Waals surface area contributed by atoms with E-state index in [-0.39, 0.29) is 0 Å². The number of halogens is 1. The van der Waals surface area contributed by atoms with Gasteiger partial charge < -0.3 is 10.1 Å². The molecule has 2 aromatic rings. The van der Waals surface area contributed by atoms with Crippen molar-refractivity contribution in [2.45, 2.75) is 31.8 Å². The van der Waals surface area contributed by atoms with Crippen molar-refractivity contribution in [1.82, 2.24) is 5.32 Å². The first kappa shape index (κ1) is 14.4. The maximum Gasteiger partial charge on any atom is 0.124 e. The highest BCUT2D eigenvalue weighted by atomic mass is 35.5. The topological polar surface area (TPSA) is 21.3 Å². The molecule has 0 spiro atoms. The maximum absolute atomic E-state index is 5.98. The highest BCUT2D eigenvalue weighted by Crippen LogP contribution is 2.34. The molecule has 1 heterocycles. The lowest BCUT2D eigenvalue weighted by Gasteiger charge is -2.30. The van der Waals surface area contributed by atoms with Crippen molar-refractivity contribution in [2.24, 2.45) is 0 Å². The summed E-state index contributed by atoms with van der Waals surface area (Å²) in [6.45, 7) is 2.98. The number of benzene rings is 2. The predicted octanol–water partition coefficient (Wildman–Crippen LogP) is 4.90. The molecule has 0 saturated heterocycles. The first-order valence-corrected chi connectivity index (χ1v) is 7.89. The van der Waals surface area contributed by atoms with Gasteiger partial charge in [0.15, 0.2) is 0 Å². The Morgan fingerprint density at radius 3 is 2.71 bits per heavy atom. The van der Waals surface area contributed by atoms with Gasteiger partial charge in [0, 0.05) is 29.1 Å². The van der Waals surface area contributed by atoms with Gasteiger partial charge in [-0.25, -0.2) is 0 Å². The molecular formula is C18H20ClNO. The fourth-order valence-electron chi connectivity index (χ4n) is 2.90. The Balaban J connectivity index is 1.80. The molecule has 0 radical (unpaired) electrons. The summed E-state index contributed by atoms with van der Waals surface area (Å²) in [5.74, 6) is 1.01. The van der Waals surface area contributed by atoms with Gasteiger partial charge in [-0.15, -0.1) is 0 Å². The summed E-state index contributed by atoms with van der Waals surface area (Å²) in [6.07, 6.45) is 2.04. The highest BCUT2D eigenvalue weighted by molar-refractivity contribution is 6.30. The van der Waals surface area contributed by atoms with Crippen molar-refractivity contribution in [2.75, 3.05) is 6.61 Å². The van der Waals surface area contributed by atoms with Gasteiger partial charge in [0.05, 0.1) is 6.61 Å². The third-order valence-electron chi connectivity index (χ3n) is 4.04. The fraction of sp³-hybridized carbons (Fsp3) is 0.333. The lowest BCUT2D eigenvalue weighted by atomic mass is 9.97. The highest BCUT2D eigenvalue weighted by Gasteiger charge is 2.23. The monoisotopic (exact) mass is 301 g/mol. The third-order valence-corrected chi connectivity index (χ3v) is 4.29. The van der Waals surface area contributed by atoms with Gasteiger partial charge >= 0.3 is 0 Å². The van der Waals surface area contributed by atoms with Crippen LogP contribution in [0.3, 0.4) is 0 Å². The van der Waals surface area contributed by atoms with Gasteiger partial charge in [-0.05, 0) is 30.2 Å². The molecule has 0 aromatic heterocycles. The molecule has 1 N–H and O–H groups in total. The van der Waals surface area contributed by atoms with Crippen molar-refractivity contribution in [3.63, 3.8) is 0 Å². The van der Waals surface area contributed by atoms with E-state index < -0.39 is 0 Å². The van der Waals surface area contributed by atoms with Crippen molar-refractivity contribution >= 4 is 11.6 Å². The molecule has 2 atom stereocenters. The number of rotatable bonds is 4. The molecule has 21 heavy (non-hydrogen) atoms. The summed E-state index contributed by atoms with van der Waals surface area (Å²) in [7, 11) is 0. The normalized spacial score (nSPS) is 18.7. The van der Waals surface area contributed by atoms with E-state index in [1.54, 1.807) is 0 Å². The average Bonchev–Trinajstić information content (AvgIpc) is 2.54. The number of nitrogens with one attached hydrogen (secondary N) is 1. The van der Waals surface area contributed by atoms with Gasteiger partial charge in [0.2, 0.25) is 0 Å². The maximum atomic E-state index is 5.98. The van der Waals surface area contributed by atoms with Crippen LogP contribution in [0.4, 0.5) is 0 Å². The molecule has 0 aliphatic carbocycles. The fourth-order valence-corrected chi connectivity index (χ4v) is 3.03. The third kappa shape index (κ3) is 3.22. The van der Waals surface area contributed by atoms with Crippen LogP contribution in [-0.4, -0.2) is 6.61 Å². The quantitative estimate of drug-likeness (QED) is 0.867. The van der Waals surface area contributed by atoms with Crippen LogP contribution in [0.5, 0.6) is 5.75 Å². The Hall–Kier alpha value is -1.51. The Kier molecular flexibility index (Phi) is 4.47. The first-order chi connectivity index (χ1) is 10.3. The molecule has 2 aromatic carbocycles. The Bertz CT molecular complexity index is 596. The molecule has 2 unspecified atom stereocenters. The summed E-state index contributed by atoms with van der Waals surface area (Å²) in [6, 6.07) is 17.1. The van der Waals surface area contributed by atoms with E-state index >= 15 is 0 Å². The van der Waals surface area contributed by atoms with Gasteiger partial charge in [0.25, 0.3) is 0 Å². The Morgan fingerprint density at radius 2 is 1.95 bits per heavy atom. The molecule has 0 bridgehead atoms. The van der Waals surface area contributed by atoms with Gasteiger partial charge in [-0.3, -0.25) is 0 Å². The Morgan fingerprint density at radius 1 is 1.19 bits per heavy atom. The minimum Gasteiger partial charge on any atom is -0.493 e. The molecule has 0 fully saturated rings. The molecule has 2 nitrogen and oxygen atoms in total. The predicted molar refractivity (Wildman–Crippen MR) is 86.9 cm³/mol. The van der Waals surface area contributed by atoms with Crippen molar-refractivity contribution < 1.29 is 4.74 Å². The molecule has 110 valence electrons. The zero-order chi connectivity index (χ0) is 14.7. The summed E-state index contributed by atoms with van der Waals surface area (Å²) in [5.41, 5.74) is 2.54. The largest absolute Gasteiger partial charge is 0.493 e.